The Morgan fingerprint density at radius 3 is 2.54 bits per heavy atom. The zero-order chi connectivity index (χ0) is 16.5. The van der Waals surface area contributed by atoms with Gasteiger partial charge < -0.3 is 4.90 Å². The number of fused-ring (bicyclic) bond motifs is 1. The lowest BCUT2D eigenvalue weighted by atomic mass is 9.92. The number of thiophene rings is 1. The van der Waals surface area contributed by atoms with E-state index in [4.69, 9.17) is 0 Å². The molecule has 1 aliphatic rings. The van der Waals surface area contributed by atoms with Gasteiger partial charge >= 0.3 is 0 Å². The van der Waals surface area contributed by atoms with E-state index < -0.39 is 0 Å². The first-order chi connectivity index (χ1) is 11.7. The normalized spacial score (nSPS) is 16.7. The zero-order valence-corrected chi connectivity index (χ0v) is 15.4. The molecule has 24 heavy (non-hydrogen) atoms. The molecule has 1 unspecified atom stereocenters. The van der Waals surface area contributed by atoms with Crippen molar-refractivity contribution in [2.75, 3.05) is 6.54 Å². The lowest BCUT2D eigenvalue weighted by molar-refractivity contribution is 0.0696. The third-order valence-electron chi connectivity index (χ3n) is 4.43. The minimum atomic E-state index is -0.00246. The minimum absolute atomic E-state index is 0.00246. The van der Waals surface area contributed by atoms with Gasteiger partial charge in [-0.1, -0.05) is 46.3 Å². The standard InChI is InChI=1S/C20H16BrNOS/c21-16-8-6-15(7-9-16)20(23)22-12-10-18-17(11-13-24-18)19(22)14-4-2-1-3-5-14/h1-9,11,13,19H,10,12H2. The monoisotopic (exact) mass is 397 g/mol. The number of nitrogens with zero attached hydrogens (tertiary/aromatic N) is 1. The molecule has 120 valence electrons. The number of benzene rings is 2. The molecule has 0 radical (unpaired) electrons. The van der Waals surface area contributed by atoms with E-state index in [1.165, 1.54) is 16.0 Å². The summed E-state index contributed by atoms with van der Waals surface area (Å²) in [5.74, 6) is 0.0909. The molecule has 1 aromatic heterocycles. The zero-order valence-electron chi connectivity index (χ0n) is 13.0. The summed E-state index contributed by atoms with van der Waals surface area (Å²) in [5, 5.41) is 2.13. The first-order valence-electron chi connectivity index (χ1n) is 7.92. The maximum atomic E-state index is 13.1. The summed E-state index contributed by atoms with van der Waals surface area (Å²) in [6, 6.07) is 20.1. The van der Waals surface area contributed by atoms with Crippen molar-refractivity contribution in [3.8, 4) is 0 Å². The molecule has 0 fully saturated rings. The first-order valence-corrected chi connectivity index (χ1v) is 9.59. The summed E-state index contributed by atoms with van der Waals surface area (Å²) < 4.78 is 0.984. The molecule has 0 N–H and O–H groups in total. The Balaban J connectivity index is 1.76. The first kappa shape index (κ1) is 15.6. The number of rotatable bonds is 2. The molecule has 3 aromatic rings. The van der Waals surface area contributed by atoms with Crippen LogP contribution in [0.1, 0.15) is 32.4 Å². The van der Waals surface area contributed by atoms with E-state index in [1.54, 1.807) is 11.3 Å². The quantitative estimate of drug-likeness (QED) is 0.574. The van der Waals surface area contributed by atoms with Crippen molar-refractivity contribution >= 4 is 33.2 Å². The van der Waals surface area contributed by atoms with Gasteiger partial charge in [-0.2, -0.15) is 0 Å². The van der Waals surface area contributed by atoms with Crippen LogP contribution >= 0.6 is 27.3 Å². The van der Waals surface area contributed by atoms with Gasteiger partial charge in [-0.05, 0) is 53.3 Å². The van der Waals surface area contributed by atoms with Crippen LogP contribution in [-0.4, -0.2) is 17.4 Å². The summed E-state index contributed by atoms with van der Waals surface area (Å²) >= 11 is 5.22. The maximum absolute atomic E-state index is 13.1. The molecular weight excluding hydrogens is 382 g/mol. The van der Waals surface area contributed by atoms with Crippen molar-refractivity contribution in [2.45, 2.75) is 12.5 Å². The molecular formula is C20H16BrNOS. The molecule has 0 aliphatic carbocycles. The molecule has 0 bridgehead atoms. The van der Waals surface area contributed by atoms with Crippen LogP contribution in [0.5, 0.6) is 0 Å². The summed E-state index contributed by atoms with van der Waals surface area (Å²) in [6.07, 6.45) is 0.929. The van der Waals surface area contributed by atoms with Crippen molar-refractivity contribution in [1.29, 1.82) is 0 Å². The smallest absolute Gasteiger partial charge is 0.254 e. The lowest BCUT2D eigenvalue weighted by Crippen LogP contribution is -2.40. The predicted octanol–water partition coefficient (Wildman–Crippen LogP) is 5.30. The van der Waals surface area contributed by atoms with Gasteiger partial charge in [0.25, 0.3) is 5.91 Å². The molecule has 0 saturated carbocycles. The predicted molar refractivity (Wildman–Crippen MR) is 101 cm³/mol. The molecule has 1 aliphatic heterocycles. The van der Waals surface area contributed by atoms with Gasteiger partial charge in [0.2, 0.25) is 0 Å². The number of halogens is 1. The van der Waals surface area contributed by atoms with Gasteiger partial charge in [-0.25, -0.2) is 0 Å². The molecule has 2 nitrogen and oxygen atoms in total. The SMILES string of the molecule is O=C(c1ccc(Br)cc1)N1CCc2sccc2C1c1ccccc1. The van der Waals surface area contributed by atoms with E-state index in [-0.39, 0.29) is 11.9 Å². The lowest BCUT2D eigenvalue weighted by Gasteiger charge is -2.36. The van der Waals surface area contributed by atoms with Crippen LogP contribution in [0, 0.1) is 0 Å². The fourth-order valence-corrected chi connectivity index (χ4v) is 4.46. The molecule has 2 heterocycles. The Kier molecular flexibility index (Phi) is 4.25. The third-order valence-corrected chi connectivity index (χ3v) is 5.96. The van der Waals surface area contributed by atoms with Gasteiger partial charge in [-0.15, -0.1) is 11.3 Å². The summed E-state index contributed by atoms with van der Waals surface area (Å²) in [5.41, 5.74) is 3.17. The van der Waals surface area contributed by atoms with Crippen molar-refractivity contribution < 1.29 is 4.79 Å². The molecule has 2 aromatic carbocycles. The van der Waals surface area contributed by atoms with Crippen LogP contribution in [0.2, 0.25) is 0 Å². The van der Waals surface area contributed by atoms with Gasteiger partial charge in [0, 0.05) is 21.5 Å². The Morgan fingerprint density at radius 2 is 1.79 bits per heavy atom. The van der Waals surface area contributed by atoms with Crippen molar-refractivity contribution in [1.82, 2.24) is 4.90 Å². The Hall–Kier alpha value is -1.91. The van der Waals surface area contributed by atoms with E-state index in [0.717, 1.165) is 23.0 Å². The Bertz CT molecular complexity index is 857. The van der Waals surface area contributed by atoms with Gasteiger partial charge in [0.05, 0.1) is 6.04 Å². The third kappa shape index (κ3) is 2.80. The summed E-state index contributed by atoms with van der Waals surface area (Å²) in [4.78, 5) is 16.5. The van der Waals surface area contributed by atoms with Crippen LogP contribution in [0.15, 0.2) is 70.5 Å². The van der Waals surface area contributed by atoms with Gasteiger partial charge in [0.15, 0.2) is 0 Å². The second-order valence-electron chi connectivity index (χ2n) is 5.87. The molecule has 1 amide bonds. The average molecular weight is 398 g/mol. The Labute approximate surface area is 153 Å². The van der Waals surface area contributed by atoms with E-state index in [0.29, 0.717) is 0 Å². The summed E-state index contributed by atoms with van der Waals surface area (Å²) in [6.45, 7) is 0.752. The molecule has 4 rings (SSSR count). The highest BCUT2D eigenvalue weighted by Crippen LogP contribution is 2.38. The average Bonchev–Trinajstić information content (AvgIpc) is 3.10. The Morgan fingerprint density at radius 1 is 1.04 bits per heavy atom. The molecule has 0 spiro atoms. The number of hydrogen-bond acceptors (Lipinski definition) is 2. The van der Waals surface area contributed by atoms with Crippen LogP contribution in [0.25, 0.3) is 0 Å². The van der Waals surface area contributed by atoms with Crippen LogP contribution in [-0.2, 0) is 6.42 Å². The van der Waals surface area contributed by atoms with Crippen LogP contribution in [0.3, 0.4) is 0 Å². The topological polar surface area (TPSA) is 20.3 Å². The van der Waals surface area contributed by atoms with Crippen molar-refractivity contribution in [2.24, 2.45) is 0 Å². The van der Waals surface area contributed by atoms with E-state index in [2.05, 4.69) is 39.5 Å². The van der Waals surface area contributed by atoms with Gasteiger partial charge in [0.1, 0.15) is 0 Å². The van der Waals surface area contributed by atoms with Crippen LogP contribution < -0.4 is 0 Å². The fraction of sp³-hybridized carbons (Fsp3) is 0.150. The van der Waals surface area contributed by atoms with E-state index >= 15 is 0 Å². The number of carbonyl (C=O) groups is 1. The highest BCUT2D eigenvalue weighted by molar-refractivity contribution is 9.10. The van der Waals surface area contributed by atoms with Crippen molar-refractivity contribution in [3.05, 3.63) is 92.1 Å². The fourth-order valence-electron chi connectivity index (χ4n) is 3.29. The maximum Gasteiger partial charge on any atom is 0.254 e. The van der Waals surface area contributed by atoms with Crippen molar-refractivity contribution in [3.63, 3.8) is 0 Å². The highest BCUT2D eigenvalue weighted by atomic mass is 79.9. The largest absolute Gasteiger partial charge is 0.327 e. The van der Waals surface area contributed by atoms with Crippen LogP contribution in [0.4, 0.5) is 0 Å². The number of carbonyl (C=O) groups excluding carboxylic acids is 1. The van der Waals surface area contributed by atoms with Gasteiger partial charge in [-0.3, -0.25) is 4.79 Å². The molecule has 1 atom stereocenters. The second kappa shape index (κ2) is 6.54. The molecule has 4 heteroatoms. The van der Waals surface area contributed by atoms with E-state index in [1.807, 2.05) is 47.4 Å². The summed E-state index contributed by atoms with van der Waals surface area (Å²) in [7, 11) is 0. The minimum Gasteiger partial charge on any atom is -0.327 e. The van der Waals surface area contributed by atoms with E-state index in [9.17, 15) is 4.79 Å². The number of amides is 1. The second-order valence-corrected chi connectivity index (χ2v) is 7.78. The number of hydrogen-bond donors (Lipinski definition) is 0. The molecule has 0 saturated heterocycles. The highest BCUT2D eigenvalue weighted by Gasteiger charge is 2.33.